The molecule has 0 aromatic heterocycles. The van der Waals surface area contributed by atoms with Crippen LogP contribution in [-0.4, -0.2) is 25.7 Å². The molecule has 1 fully saturated rings. The van der Waals surface area contributed by atoms with Gasteiger partial charge in [-0.15, -0.1) is 0 Å². The van der Waals surface area contributed by atoms with E-state index in [1.165, 1.54) is 20.0 Å². The van der Waals surface area contributed by atoms with Gasteiger partial charge >= 0.3 is 5.97 Å². The van der Waals surface area contributed by atoms with Crippen LogP contribution in [0.25, 0.3) is 0 Å². The molecular formula is C12H21NO2. The van der Waals surface area contributed by atoms with Gasteiger partial charge in [-0.25, -0.2) is 0 Å². The van der Waals surface area contributed by atoms with Gasteiger partial charge in [-0.05, 0) is 19.4 Å². The molecule has 1 rings (SSSR count). The molecule has 0 aromatic carbocycles. The highest BCUT2D eigenvalue weighted by molar-refractivity contribution is 5.76. The van der Waals surface area contributed by atoms with Crippen LogP contribution in [0, 0.1) is 5.92 Å². The van der Waals surface area contributed by atoms with Crippen molar-refractivity contribution in [3.8, 4) is 0 Å². The van der Waals surface area contributed by atoms with Crippen LogP contribution in [-0.2, 0) is 9.53 Å². The van der Waals surface area contributed by atoms with E-state index in [4.69, 9.17) is 4.74 Å². The van der Waals surface area contributed by atoms with Crippen molar-refractivity contribution >= 4 is 5.97 Å². The Labute approximate surface area is 91.9 Å². The average Bonchev–Trinajstić information content (AvgIpc) is 2.71. The SMILES string of the molecule is CCCC/C=C/[C@@H]1CCN[C@@H]1C(=O)OC. The maximum atomic E-state index is 11.4. The summed E-state index contributed by atoms with van der Waals surface area (Å²) in [5, 5.41) is 3.17. The predicted molar refractivity (Wildman–Crippen MR) is 60.6 cm³/mol. The van der Waals surface area contributed by atoms with Crippen LogP contribution in [0.3, 0.4) is 0 Å². The molecule has 86 valence electrons. The van der Waals surface area contributed by atoms with E-state index in [2.05, 4.69) is 24.4 Å². The lowest BCUT2D eigenvalue weighted by atomic mass is 9.99. The molecule has 3 nitrogen and oxygen atoms in total. The summed E-state index contributed by atoms with van der Waals surface area (Å²) in [5.74, 6) is 0.173. The fourth-order valence-electron chi connectivity index (χ4n) is 1.91. The Bertz CT molecular complexity index is 226. The molecule has 0 aliphatic carbocycles. The number of nitrogens with one attached hydrogen (secondary N) is 1. The summed E-state index contributed by atoms with van der Waals surface area (Å²) in [6.45, 7) is 3.09. The minimum Gasteiger partial charge on any atom is -0.468 e. The van der Waals surface area contributed by atoms with Crippen molar-refractivity contribution in [2.75, 3.05) is 13.7 Å². The van der Waals surface area contributed by atoms with E-state index < -0.39 is 0 Å². The number of allylic oxidation sites excluding steroid dienone is 1. The first-order valence-corrected chi connectivity index (χ1v) is 5.77. The van der Waals surface area contributed by atoms with Crippen molar-refractivity contribution in [2.24, 2.45) is 5.92 Å². The molecule has 0 saturated carbocycles. The Hall–Kier alpha value is -0.830. The lowest BCUT2D eigenvalue weighted by Crippen LogP contribution is -2.35. The number of carbonyl (C=O) groups is 1. The maximum Gasteiger partial charge on any atom is 0.323 e. The summed E-state index contributed by atoms with van der Waals surface area (Å²) < 4.78 is 4.76. The first kappa shape index (κ1) is 12.2. The molecule has 2 atom stereocenters. The quantitative estimate of drug-likeness (QED) is 0.429. The number of esters is 1. The lowest BCUT2D eigenvalue weighted by molar-refractivity contribution is -0.143. The summed E-state index contributed by atoms with van der Waals surface area (Å²) in [6.07, 6.45) is 8.94. The molecular weight excluding hydrogens is 190 g/mol. The summed E-state index contributed by atoms with van der Waals surface area (Å²) >= 11 is 0. The third-order valence-corrected chi connectivity index (χ3v) is 2.83. The third-order valence-electron chi connectivity index (χ3n) is 2.83. The van der Waals surface area contributed by atoms with Gasteiger partial charge in [0.15, 0.2) is 0 Å². The molecule has 1 saturated heterocycles. The van der Waals surface area contributed by atoms with Crippen LogP contribution in [0.1, 0.15) is 32.6 Å². The summed E-state index contributed by atoms with van der Waals surface area (Å²) in [4.78, 5) is 11.4. The second-order valence-electron chi connectivity index (χ2n) is 3.98. The minimum absolute atomic E-state index is 0.132. The van der Waals surface area contributed by atoms with Gasteiger partial charge in [0.1, 0.15) is 6.04 Å². The molecule has 0 aromatic rings. The Morgan fingerprint density at radius 2 is 2.40 bits per heavy atom. The number of hydrogen-bond acceptors (Lipinski definition) is 3. The van der Waals surface area contributed by atoms with Crippen LogP contribution < -0.4 is 5.32 Å². The van der Waals surface area contributed by atoms with Crippen molar-refractivity contribution in [3.63, 3.8) is 0 Å². The van der Waals surface area contributed by atoms with Crippen molar-refractivity contribution in [1.82, 2.24) is 5.32 Å². The van der Waals surface area contributed by atoms with Crippen LogP contribution in [0.5, 0.6) is 0 Å². The highest BCUT2D eigenvalue weighted by atomic mass is 16.5. The maximum absolute atomic E-state index is 11.4. The summed E-state index contributed by atoms with van der Waals surface area (Å²) in [5.41, 5.74) is 0. The van der Waals surface area contributed by atoms with E-state index in [0.717, 1.165) is 19.4 Å². The molecule has 1 aliphatic heterocycles. The second-order valence-corrected chi connectivity index (χ2v) is 3.98. The molecule has 0 amide bonds. The van der Waals surface area contributed by atoms with Gasteiger partial charge in [0.05, 0.1) is 7.11 Å². The highest BCUT2D eigenvalue weighted by Crippen LogP contribution is 2.18. The van der Waals surface area contributed by atoms with E-state index in [-0.39, 0.29) is 12.0 Å². The smallest absolute Gasteiger partial charge is 0.323 e. The van der Waals surface area contributed by atoms with Crippen LogP contribution >= 0.6 is 0 Å². The normalized spacial score (nSPS) is 26.0. The first-order valence-electron chi connectivity index (χ1n) is 5.77. The number of carbonyl (C=O) groups excluding carboxylic acids is 1. The standard InChI is InChI=1S/C12H21NO2/c1-3-4-5-6-7-10-8-9-13-11(10)12(14)15-2/h6-7,10-11,13H,3-5,8-9H2,1-2H3/b7-6+/t10-,11+/m1/s1. The van der Waals surface area contributed by atoms with Gasteiger partial charge in [0.2, 0.25) is 0 Å². The zero-order valence-electron chi connectivity index (χ0n) is 9.66. The molecule has 15 heavy (non-hydrogen) atoms. The van der Waals surface area contributed by atoms with E-state index in [1.807, 2.05) is 0 Å². The minimum atomic E-state index is -0.141. The molecule has 0 spiro atoms. The molecule has 0 radical (unpaired) electrons. The van der Waals surface area contributed by atoms with Crippen LogP contribution in [0.4, 0.5) is 0 Å². The fourth-order valence-corrected chi connectivity index (χ4v) is 1.91. The van der Waals surface area contributed by atoms with Gasteiger partial charge in [-0.2, -0.15) is 0 Å². The fraction of sp³-hybridized carbons (Fsp3) is 0.750. The van der Waals surface area contributed by atoms with E-state index >= 15 is 0 Å². The van der Waals surface area contributed by atoms with Gasteiger partial charge in [0, 0.05) is 5.92 Å². The summed E-state index contributed by atoms with van der Waals surface area (Å²) in [7, 11) is 1.44. The van der Waals surface area contributed by atoms with Gasteiger partial charge in [-0.3, -0.25) is 4.79 Å². The monoisotopic (exact) mass is 211 g/mol. The molecule has 3 heteroatoms. The molecule has 1 N–H and O–H groups in total. The topological polar surface area (TPSA) is 38.3 Å². The molecule has 1 heterocycles. The number of unbranched alkanes of at least 4 members (excludes halogenated alkanes) is 2. The Balaban J connectivity index is 2.39. The Morgan fingerprint density at radius 1 is 1.60 bits per heavy atom. The first-order chi connectivity index (χ1) is 7.29. The van der Waals surface area contributed by atoms with E-state index in [0.29, 0.717) is 5.92 Å². The lowest BCUT2D eigenvalue weighted by Gasteiger charge is -2.13. The van der Waals surface area contributed by atoms with Gasteiger partial charge < -0.3 is 10.1 Å². The third kappa shape index (κ3) is 3.67. The van der Waals surface area contributed by atoms with Gasteiger partial charge in [0.25, 0.3) is 0 Å². The number of ether oxygens (including phenoxy) is 1. The molecule has 0 unspecified atom stereocenters. The van der Waals surface area contributed by atoms with Crippen molar-refractivity contribution in [3.05, 3.63) is 12.2 Å². The van der Waals surface area contributed by atoms with Crippen LogP contribution in [0.2, 0.25) is 0 Å². The van der Waals surface area contributed by atoms with Gasteiger partial charge in [-0.1, -0.05) is 31.9 Å². The largest absolute Gasteiger partial charge is 0.468 e. The van der Waals surface area contributed by atoms with Crippen molar-refractivity contribution < 1.29 is 9.53 Å². The zero-order valence-corrected chi connectivity index (χ0v) is 9.66. The summed E-state index contributed by atoms with van der Waals surface area (Å²) in [6, 6.07) is -0.132. The van der Waals surface area contributed by atoms with Crippen LogP contribution in [0.15, 0.2) is 12.2 Å². The predicted octanol–water partition coefficient (Wildman–Crippen LogP) is 1.88. The number of methoxy groups -OCH3 is 1. The highest BCUT2D eigenvalue weighted by Gasteiger charge is 2.31. The number of rotatable bonds is 5. The zero-order chi connectivity index (χ0) is 11.1. The van der Waals surface area contributed by atoms with Crippen molar-refractivity contribution in [2.45, 2.75) is 38.6 Å². The number of hydrogen-bond donors (Lipinski definition) is 1. The molecule has 1 aliphatic rings. The average molecular weight is 211 g/mol. The molecule has 0 bridgehead atoms. The Kier molecular flexibility index (Phi) is 5.40. The van der Waals surface area contributed by atoms with E-state index in [1.54, 1.807) is 0 Å². The second kappa shape index (κ2) is 6.62. The van der Waals surface area contributed by atoms with Crippen molar-refractivity contribution in [1.29, 1.82) is 0 Å². The van der Waals surface area contributed by atoms with E-state index in [9.17, 15) is 4.79 Å². The Morgan fingerprint density at radius 3 is 3.07 bits per heavy atom.